The lowest BCUT2D eigenvalue weighted by molar-refractivity contribution is 0.489. The van der Waals surface area contributed by atoms with Gasteiger partial charge in [-0.05, 0) is 25.5 Å². The molecule has 4 nitrogen and oxygen atoms in total. The van der Waals surface area contributed by atoms with Crippen LogP contribution in [0.1, 0.15) is 32.5 Å². The Bertz CT molecular complexity index is 589. The molecule has 0 saturated carbocycles. The Labute approximate surface area is 106 Å². The number of hydrogen-bond donors (Lipinski definition) is 2. The van der Waals surface area contributed by atoms with E-state index in [1.54, 1.807) is 0 Å². The highest BCUT2D eigenvalue weighted by Crippen LogP contribution is 2.18. The standard InChI is InChI=1S/C14H19N3O/c1-9(2)8-15-10(3)13-11-6-4-5-7-12(11)14(18)17-16-13/h4-7,9-10,15H,8H2,1-3H3,(H,17,18). The molecule has 0 aliphatic carbocycles. The van der Waals surface area contributed by atoms with Crippen LogP contribution in [-0.4, -0.2) is 16.7 Å². The minimum Gasteiger partial charge on any atom is -0.309 e. The second-order valence-corrected chi connectivity index (χ2v) is 5.01. The summed E-state index contributed by atoms with van der Waals surface area (Å²) in [6.45, 7) is 7.32. The highest BCUT2D eigenvalue weighted by Gasteiger charge is 2.12. The van der Waals surface area contributed by atoms with Gasteiger partial charge in [0.1, 0.15) is 0 Å². The summed E-state index contributed by atoms with van der Waals surface area (Å²) in [5, 5.41) is 11.8. The molecule has 2 N–H and O–H groups in total. The van der Waals surface area contributed by atoms with Crippen LogP contribution < -0.4 is 10.9 Å². The van der Waals surface area contributed by atoms with E-state index >= 15 is 0 Å². The Kier molecular flexibility index (Phi) is 3.77. The number of H-pyrrole nitrogens is 1. The molecule has 1 unspecified atom stereocenters. The van der Waals surface area contributed by atoms with Gasteiger partial charge >= 0.3 is 0 Å². The summed E-state index contributed by atoms with van der Waals surface area (Å²) >= 11 is 0. The quantitative estimate of drug-likeness (QED) is 0.868. The molecule has 2 rings (SSSR count). The molecule has 96 valence electrons. The number of hydrogen-bond acceptors (Lipinski definition) is 3. The summed E-state index contributed by atoms with van der Waals surface area (Å²) in [4.78, 5) is 11.7. The third-order valence-corrected chi connectivity index (χ3v) is 2.97. The molecule has 1 aromatic carbocycles. The first-order chi connectivity index (χ1) is 8.59. The summed E-state index contributed by atoms with van der Waals surface area (Å²) in [7, 11) is 0. The van der Waals surface area contributed by atoms with E-state index in [9.17, 15) is 4.79 Å². The van der Waals surface area contributed by atoms with Crippen molar-refractivity contribution < 1.29 is 0 Å². The molecule has 4 heteroatoms. The predicted octanol–water partition coefficient (Wildman–Crippen LogP) is 2.23. The minimum absolute atomic E-state index is 0.120. The third-order valence-electron chi connectivity index (χ3n) is 2.97. The molecule has 1 heterocycles. The number of fused-ring (bicyclic) bond motifs is 1. The molecule has 0 aliphatic rings. The van der Waals surface area contributed by atoms with E-state index in [0.29, 0.717) is 11.3 Å². The minimum atomic E-state index is -0.134. The Hall–Kier alpha value is -1.68. The van der Waals surface area contributed by atoms with Crippen molar-refractivity contribution in [1.29, 1.82) is 0 Å². The summed E-state index contributed by atoms with van der Waals surface area (Å²) in [5.41, 5.74) is 0.760. The van der Waals surface area contributed by atoms with Gasteiger partial charge in [-0.15, -0.1) is 0 Å². The smallest absolute Gasteiger partial charge is 0.272 e. The molecule has 0 aliphatic heterocycles. The molecule has 18 heavy (non-hydrogen) atoms. The predicted molar refractivity (Wildman–Crippen MR) is 73.6 cm³/mol. The fraction of sp³-hybridized carbons (Fsp3) is 0.429. The van der Waals surface area contributed by atoms with Gasteiger partial charge in [-0.25, -0.2) is 5.10 Å². The molecule has 1 aromatic heterocycles. The van der Waals surface area contributed by atoms with Gasteiger partial charge in [0.25, 0.3) is 5.56 Å². The van der Waals surface area contributed by atoms with Gasteiger partial charge in [0.05, 0.1) is 11.1 Å². The van der Waals surface area contributed by atoms with E-state index in [0.717, 1.165) is 17.6 Å². The molecule has 0 amide bonds. The summed E-state index contributed by atoms with van der Waals surface area (Å²) in [5.74, 6) is 0.585. The van der Waals surface area contributed by atoms with Crippen LogP contribution in [0.3, 0.4) is 0 Å². The number of nitrogens with one attached hydrogen (secondary N) is 2. The molecular weight excluding hydrogens is 226 g/mol. The first kappa shape index (κ1) is 12.8. The van der Waals surface area contributed by atoms with Crippen molar-refractivity contribution in [2.75, 3.05) is 6.54 Å². The number of rotatable bonds is 4. The lowest BCUT2D eigenvalue weighted by atomic mass is 10.1. The lowest BCUT2D eigenvalue weighted by Gasteiger charge is -2.16. The first-order valence-corrected chi connectivity index (χ1v) is 6.30. The zero-order valence-electron chi connectivity index (χ0n) is 11.0. The zero-order valence-corrected chi connectivity index (χ0v) is 11.0. The Morgan fingerprint density at radius 2 is 1.89 bits per heavy atom. The van der Waals surface area contributed by atoms with Gasteiger partial charge in [0.2, 0.25) is 0 Å². The molecule has 0 radical (unpaired) electrons. The van der Waals surface area contributed by atoms with Gasteiger partial charge in [0.15, 0.2) is 0 Å². The van der Waals surface area contributed by atoms with Crippen molar-refractivity contribution in [3.05, 3.63) is 40.3 Å². The third kappa shape index (κ3) is 2.59. The Morgan fingerprint density at radius 1 is 1.22 bits per heavy atom. The van der Waals surface area contributed by atoms with Gasteiger partial charge in [0, 0.05) is 11.4 Å². The van der Waals surface area contributed by atoms with Crippen molar-refractivity contribution in [3.63, 3.8) is 0 Å². The molecular formula is C14H19N3O. The highest BCUT2D eigenvalue weighted by atomic mass is 16.1. The average Bonchev–Trinajstić information content (AvgIpc) is 2.37. The van der Waals surface area contributed by atoms with Crippen LogP contribution in [0.4, 0.5) is 0 Å². The SMILES string of the molecule is CC(C)CNC(C)c1n[nH]c(=O)c2ccccc12. The van der Waals surface area contributed by atoms with Crippen molar-refractivity contribution in [2.45, 2.75) is 26.8 Å². The van der Waals surface area contributed by atoms with Crippen LogP contribution >= 0.6 is 0 Å². The van der Waals surface area contributed by atoms with Crippen LogP contribution in [0.15, 0.2) is 29.1 Å². The monoisotopic (exact) mass is 245 g/mol. The topological polar surface area (TPSA) is 57.8 Å². The molecule has 0 spiro atoms. The van der Waals surface area contributed by atoms with Crippen molar-refractivity contribution in [2.24, 2.45) is 5.92 Å². The van der Waals surface area contributed by atoms with Crippen LogP contribution in [-0.2, 0) is 0 Å². The molecule has 2 aromatic rings. The maximum atomic E-state index is 11.7. The van der Waals surface area contributed by atoms with Crippen LogP contribution in [0, 0.1) is 5.92 Å². The average molecular weight is 245 g/mol. The Balaban J connectivity index is 2.39. The maximum absolute atomic E-state index is 11.7. The largest absolute Gasteiger partial charge is 0.309 e. The van der Waals surface area contributed by atoms with Gasteiger partial charge in [-0.3, -0.25) is 4.79 Å². The molecule has 0 saturated heterocycles. The van der Waals surface area contributed by atoms with E-state index in [-0.39, 0.29) is 11.6 Å². The fourth-order valence-electron chi connectivity index (χ4n) is 1.98. The first-order valence-electron chi connectivity index (χ1n) is 6.30. The summed E-state index contributed by atoms with van der Waals surface area (Å²) in [6, 6.07) is 7.69. The van der Waals surface area contributed by atoms with E-state index in [2.05, 4.69) is 36.3 Å². The highest BCUT2D eigenvalue weighted by molar-refractivity contribution is 5.83. The second-order valence-electron chi connectivity index (χ2n) is 5.01. The fourth-order valence-corrected chi connectivity index (χ4v) is 1.98. The zero-order chi connectivity index (χ0) is 13.1. The molecule has 0 fully saturated rings. The molecule has 0 bridgehead atoms. The van der Waals surface area contributed by atoms with Gasteiger partial charge in [-0.1, -0.05) is 32.0 Å². The van der Waals surface area contributed by atoms with E-state index < -0.39 is 0 Å². The van der Waals surface area contributed by atoms with Crippen LogP contribution in [0.5, 0.6) is 0 Å². The van der Waals surface area contributed by atoms with E-state index in [1.165, 1.54) is 0 Å². The van der Waals surface area contributed by atoms with Crippen LogP contribution in [0.25, 0.3) is 10.8 Å². The van der Waals surface area contributed by atoms with E-state index in [1.807, 2.05) is 24.3 Å². The summed E-state index contributed by atoms with van der Waals surface area (Å²) in [6.07, 6.45) is 0. The molecule has 1 atom stereocenters. The Morgan fingerprint density at radius 3 is 2.56 bits per heavy atom. The van der Waals surface area contributed by atoms with Crippen molar-refractivity contribution >= 4 is 10.8 Å². The van der Waals surface area contributed by atoms with Gasteiger partial charge < -0.3 is 5.32 Å². The number of nitrogens with zero attached hydrogens (tertiary/aromatic N) is 1. The maximum Gasteiger partial charge on any atom is 0.272 e. The van der Waals surface area contributed by atoms with Crippen molar-refractivity contribution in [3.8, 4) is 0 Å². The normalized spacial score (nSPS) is 13.1. The van der Waals surface area contributed by atoms with E-state index in [4.69, 9.17) is 0 Å². The number of benzene rings is 1. The van der Waals surface area contributed by atoms with Crippen molar-refractivity contribution in [1.82, 2.24) is 15.5 Å². The second kappa shape index (κ2) is 5.31. The van der Waals surface area contributed by atoms with Crippen LogP contribution in [0.2, 0.25) is 0 Å². The lowest BCUT2D eigenvalue weighted by Crippen LogP contribution is -2.25. The summed E-state index contributed by atoms with van der Waals surface area (Å²) < 4.78 is 0. The van der Waals surface area contributed by atoms with Gasteiger partial charge in [-0.2, -0.15) is 5.10 Å². The number of aromatic nitrogens is 2. The number of aromatic amines is 1.